The first-order valence-corrected chi connectivity index (χ1v) is 7.82. The molecule has 0 spiro atoms. The van der Waals surface area contributed by atoms with E-state index in [0.29, 0.717) is 16.4 Å². The van der Waals surface area contributed by atoms with Crippen molar-refractivity contribution in [3.05, 3.63) is 64.7 Å². The van der Waals surface area contributed by atoms with E-state index in [1.54, 1.807) is 34.6 Å². The second kappa shape index (κ2) is 6.45. The molecule has 0 bridgehead atoms. The summed E-state index contributed by atoms with van der Waals surface area (Å²) < 4.78 is 3.23. The van der Waals surface area contributed by atoms with Crippen molar-refractivity contribution in [3.8, 4) is 5.69 Å². The Labute approximate surface area is 149 Å². The Morgan fingerprint density at radius 2 is 2.04 bits per heavy atom. The van der Waals surface area contributed by atoms with Gasteiger partial charge in [-0.15, -0.1) is 0 Å². The lowest BCUT2D eigenvalue weighted by Gasteiger charge is -2.07. The van der Waals surface area contributed by atoms with E-state index in [4.69, 9.17) is 17.3 Å². The molecule has 3 aromatic rings. The molecule has 0 aliphatic heterocycles. The summed E-state index contributed by atoms with van der Waals surface area (Å²) in [4.78, 5) is 23.7. The molecule has 0 aliphatic carbocycles. The van der Waals surface area contributed by atoms with Crippen molar-refractivity contribution in [3.63, 3.8) is 0 Å². The van der Waals surface area contributed by atoms with E-state index in [0.717, 1.165) is 11.4 Å². The first-order chi connectivity index (χ1) is 11.9. The van der Waals surface area contributed by atoms with Crippen LogP contribution in [0.1, 0.15) is 26.5 Å². The number of rotatable bonds is 4. The van der Waals surface area contributed by atoms with Gasteiger partial charge in [-0.25, -0.2) is 4.68 Å². The monoisotopic (exact) mass is 357 g/mol. The number of benzene rings is 1. The van der Waals surface area contributed by atoms with Crippen LogP contribution >= 0.6 is 11.6 Å². The van der Waals surface area contributed by atoms with Gasteiger partial charge in [0.1, 0.15) is 5.69 Å². The average Bonchev–Trinajstić information content (AvgIpc) is 3.11. The molecule has 2 heterocycles. The maximum absolute atomic E-state index is 12.5. The number of aryl methyl sites for hydroxylation is 1. The molecule has 1 aromatic carbocycles. The van der Waals surface area contributed by atoms with Gasteiger partial charge in [-0.3, -0.25) is 9.59 Å². The normalized spacial score (nSPS) is 10.7. The second-order valence-corrected chi connectivity index (χ2v) is 6.02. The van der Waals surface area contributed by atoms with Gasteiger partial charge in [0.15, 0.2) is 0 Å². The van der Waals surface area contributed by atoms with E-state index in [9.17, 15) is 9.59 Å². The van der Waals surface area contributed by atoms with Crippen molar-refractivity contribution >= 4 is 29.1 Å². The molecule has 0 unspecified atom stereocenters. The van der Waals surface area contributed by atoms with Crippen molar-refractivity contribution in [2.24, 2.45) is 12.8 Å². The Kier molecular flexibility index (Phi) is 4.33. The lowest BCUT2D eigenvalue weighted by molar-refractivity contribution is 0.0998. The topological polar surface area (TPSA) is 94.9 Å². The number of anilines is 1. The van der Waals surface area contributed by atoms with Gasteiger partial charge in [0.25, 0.3) is 5.91 Å². The molecule has 0 saturated carbocycles. The third-order valence-corrected chi connectivity index (χ3v) is 4.07. The molecule has 2 amide bonds. The molecule has 128 valence electrons. The molecule has 0 saturated heterocycles. The summed E-state index contributed by atoms with van der Waals surface area (Å²) in [5, 5.41) is 7.69. The van der Waals surface area contributed by atoms with Crippen LogP contribution in [0.2, 0.25) is 5.02 Å². The number of halogens is 1. The van der Waals surface area contributed by atoms with E-state index in [1.807, 2.05) is 19.1 Å². The summed E-state index contributed by atoms with van der Waals surface area (Å²) in [6.45, 7) is 1.84. The van der Waals surface area contributed by atoms with Gasteiger partial charge in [0.2, 0.25) is 5.91 Å². The fourth-order valence-electron chi connectivity index (χ4n) is 2.51. The number of hydrogen-bond acceptors (Lipinski definition) is 3. The fourth-order valence-corrected chi connectivity index (χ4v) is 2.70. The predicted octanol–water partition coefficient (Wildman–Crippen LogP) is 2.52. The Balaban J connectivity index is 1.87. The number of nitrogens with one attached hydrogen (secondary N) is 1. The lowest BCUT2D eigenvalue weighted by atomic mass is 10.3. The Bertz CT molecular complexity index is 973. The van der Waals surface area contributed by atoms with Gasteiger partial charge in [0, 0.05) is 18.3 Å². The van der Waals surface area contributed by atoms with Gasteiger partial charge in [-0.2, -0.15) is 5.10 Å². The van der Waals surface area contributed by atoms with Crippen LogP contribution in [0.15, 0.2) is 42.7 Å². The first kappa shape index (κ1) is 16.8. The molecular formula is C17H16ClN5O2. The zero-order valence-corrected chi connectivity index (χ0v) is 14.4. The summed E-state index contributed by atoms with van der Waals surface area (Å²) in [5.41, 5.74) is 7.95. The lowest BCUT2D eigenvalue weighted by Crippen LogP contribution is -2.15. The summed E-state index contributed by atoms with van der Waals surface area (Å²) >= 11 is 6.01. The highest BCUT2D eigenvalue weighted by molar-refractivity contribution is 6.30. The minimum absolute atomic E-state index is 0.277. The smallest absolute Gasteiger partial charge is 0.272 e. The molecular weight excluding hydrogens is 342 g/mol. The third-order valence-electron chi connectivity index (χ3n) is 3.83. The Morgan fingerprint density at radius 1 is 1.28 bits per heavy atom. The van der Waals surface area contributed by atoms with Crippen LogP contribution in [-0.2, 0) is 7.05 Å². The number of primary amides is 1. The molecule has 7 nitrogen and oxygen atoms in total. The molecule has 0 fully saturated rings. The van der Waals surface area contributed by atoms with E-state index in [2.05, 4.69) is 10.4 Å². The van der Waals surface area contributed by atoms with Crippen molar-refractivity contribution in [2.75, 3.05) is 5.32 Å². The maximum atomic E-state index is 12.5. The zero-order chi connectivity index (χ0) is 18.1. The first-order valence-electron chi connectivity index (χ1n) is 7.45. The van der Waals surface area contributed by atoms with Gasteiger partial charge < -0.3 is 15.6 Å². The number of aromatic nitrogens is 3. The van der Waals surface area contributed by atoms with Crippen LogP contribution < -0.4 is 11.1 Å². The highest BCUT2D eigenvalue weighted by Gasteiger charge is 2.17. The van der Waals surface area contributed by atoms with Gasteiger partial charge in [0.05, 0.1) is 28.8 Å². The predicted molar refractivity (Wildman–Crippen MR) is 95.2 cm³/mol. The molecule has 3 rings (SSSR count). The van der Waals surface area contributed by atoms with E-state index >= 15 is 0 Å². The van der Waals surface area contributed by atoms with E-state index in [1.165, 1.54) is 12.3 Å². The molecule has 0 atom stereocenters. The Hall–Kier alpha value is -3.06. The quantitative estimate of drug-likeness (QED) is 0.751. The summed E-state index contributed by atoms with van der Waals surface area (Å²) in [6.07, 6.45) is 3.07. The van der Waals surface area contributed by atoms with Crippen molar-refractivity contribution < 1.29 is 9.59 Å². The summed E-state index contributed by atoms with van der Waals surface area (Å²) in [5.74, 6) is -0.941. The fraction of sp³-hybridized carbons (Fsp3) is 0.118. The largest absolute Gasteiger partial charge is 0.366 e. The number of nitrogens with two attached hydrogens (primary N) is 1. The second-order valence-electron chi connectivity index (χ2n) is 5.58. The zero-order valence-electron chi connectivity index (χ0n) is 13.7. The van der Waals surface area contributed by atoms with E-state index in [-0.39, 0.29) is 11.5 Å². The van der Waals surface area contributed by atoms with Gasteiger partial charge in [-0.05, 0) is 31.2 Å². The third kappa shape index (κ3) is 3.27. The van der Waals surface area contributed by atoms with Gasteiger partial charge >= 0.3 is 0 Å². The minimum atomic E-state index is -0.584. The van der Waals surface area contributed by atoms with Gasteiger partial charge in [-0.1, -0.05) is 17.7 Å². The number of nitrogens with zero attached hydrogens (tertiary/aromatic N) is 3. The van der Waals surface area contributed by atoms with Crippen LogP contribution in [-0.4, -0.2) is 26.2 Å². The standard InChI is InChI=1S/C17H16ClN5O2/c1-10-14(8-20-23(10)13-5-3-4-12(18)7-13)21-17(25)15-6-11(16(19)24)9-22(15)2/h3-9H,1-2H3,(H2,19,24)(H,21,25). The van der Waals surface area contributed by atoms with Crippen molar-refractivity contribution in [1.29, 1.82) is 0 Å². The number of amides is 2. The van der Waals surface area contributed by atoms with Crippen molar-refractivity contribution in [2.45, 2.75) is 6.92 Å². The molecule has 3 N–H and O–H groups in total. The average molecular weight is 358 g/mol. The summed E-state index contributed by atoms with van der Waals surface area (Å²) in [7, 11) is 1.67. The number of carbonyl (C=O) groups is 2. The highest BCUT2D eigenvalue weighted by Crippen LogP contribution is 2.21. The molecule has 0 radical (unpaired) electrons. The number of hydrogen-bond donors (Lipinski definition) is 2. The minimum Gasteiger partial charge on any atom is -0.366 e. The number of carbonyl (C=O) groups excluding carboxylic acids is 2. The van der Waals surface area contributed by atoms with Crippen LogP contribution in [0.25, 0.3) is 5.69 Å². The molecule has 0 aliphatic rings. The van der Waals surface area contributed by atoms with Crippen molar-refractivity contribution in [1.82, 2.24) is 14.3 Å². The SMILES string of the molecule is Cc1c(NC(=O)c2cc(C(N)=O)cn2C)cnn1-c1cccc(Cl)c1. The summed E-state index contributed by atoms with van der Waals surface area (Å²) in [6, 6.07) is 8.70. The van der Waals surface area contributed by atoms with E-state index < -0.39 is 5.91 Å². The molecule has 2 aromatic heterocycles. The van der Waals surface area contributed by atoms with Crippen LogP contribution in [0.4, 0.5) is 5.69 Å². The maximum Gasteiger partial charge on any atom is 0.272 e. The van der Waals surface area contributed by atoms with Crippen LogP contribution in [0.3, 0.4) is 0 Å². The molecule has 8 heteroatoms. The molecule has 25 heavy (non-hydrogen) atoms. The Morgan fingerprint density at radius 3 is 2.68 bits per heavy atom. The van der Waals surface area contributed by atoms with Crippen LogP contribution in [0, 0.1) is 6.92 Å². The van der Waals surface area contributed by atoms with Crippen LogP contribution in [0.5, 0.6) is 0 Å². The highest BCUT2D eigenvalue weighted by atomic mass is 35.5.